The van der Waals surface area contributed by atoms with Crippen molar-refractivity contribution in [2.45, 2.75) is 6.18 Å². The molecule has 0 aliphatic heterocycles. The van der Waals surface area contributed by atoms with Crippen molar-refractivity contribution in [3.8, 4) is 5.69 Å². The number of anilines is 1. The Morgan fingerprint density at radius 1 is 1.28 bits per heavy atom. The second-order valence-electron chi connectivity index (χ2n) is 3.47. The number of nitrogens with zero attached hydrogens (tertiary/aromatic N) is 2. The highest BCUT2D eigenvalue weighted by Gasteiger charge is 2.33. The zero-order chi connectivity index (χ0) is 13.5. The third-order valence-electron chi connectivity index (χ3n) is 2.20. The molecule has 0 amide bonds. The zero-order valence-electron chi connectivity index (χ0n) is 8.67. The molecule has 0 saturated carbocycles. The number of nitrogen functional groups attached to an aromatic ring is 1. The van der Waals surface area contributed by atoms with Gasteiger partial charge in [-0.3, -0.25) is 0 Å². The summed E-state index contributed by atoms with van der Waals surface area (Å²) in [5.41, 5.74) is 4.70. The molecule has 96 valence electrons. The molecule has 0 bridgehead atoms. The van der Waals surface area contributed by atoms with Crippen molar-refractivity contribution in [1.29, 1.82) is 0 Å². The molecule has 0 unspecified atom stereocenters. The van der Waals surface area contributed by atoms with Crippen LogP contribution < -0.4 is 5.73 Å². The van der Waals surface area contributed by atoms with Crippen molar-refractivity contribution in [1.82, 2.24) is 9.78 Å². The van der Waals surface area contributed by atoms with E-state index in [0.717, 1.165) is 23.0 Å². The lowest BCUT2D eigenvalue weighted by Gasteiger charge is -2.07. The molecule has 18 heavy (non-hydrogen) atoms. The number of halogens is 5. The molecular formula is C10H6BrF4N3. The van der Waals surface area contributed by atoms with Crippen molar-refractivity contribution >= 4 is 21.6 Å². The second kappa shape index (κ2) is 4.27. The number of alkyl halides is 3. The van der Waals surface area contributed by atoms with Crippen molar-refractivity contribution in [2.24, 2.45) is 0 Å². The van der Waals surface area contributed by atoms with Crippen LogP contribution in [0.2, 0.25) is 0 Å². The summed E-state index contributed by atoms with van der Waals surface area (Å²) in [5.74, 6) is -0.636. The van der Waals surface area contributed by atoms with E-state index in [0.29, 0.717) is 0 Å². The van der Waals surface area contributed by atoms with Crippen LogP contribution in [0.25, 0.3) is 5.69 Å². The van der Waals surface area contributed by atoms with Crippen molar-refractivity contribution in [3.63, 3.8) is 0 Å². The number of benzene rings is 1. The third kappa shape index (κ3) is 2.33. The van der Waals surface area contributed by atoms with Gasteiger partial charge in [-0.25, -0.2) is 9.07 Å². The van der Waals surface area contributed by atoms with Crippen molar-refractivity contribution in [2.75, 3.05) is 5.73 Å². The zero-order valence-corrected chi connectivity index (χ0v) is 10.3. The molecule has 0 fully saturated rings. The number of rotatable bonds is 1. The van der Waals surface area contributed by atoms with Gasteiger partial charge < -0.3 is 5.73 Å². The Morgan fingerprint density at radius 2 is 1.94 bits per heavy atom. The van der Waals surface area contributed by atoms with Gasteiger partial charge >= 0.3 is 6.18 Å². The van der Waals surface area contributed by atoms with E-state index in [1.165, 1.54) is 6.07 Å². The molecule has 0 aliphatic rings. The fourth-order valence-electron chi connectivity index (χ4n) is 1.36. The van der Waals surface area contributed by atoms with Crippen LogP contribution >= 0.6 is 15.9 Å². The van der Waals surface area contributed by atoms with Gasteiger partial charge in [0.2, 0.25) is 0 Å². The van der Waals surface area contributed by atoms with E-state index in [2.05, 4.69) is 21.0 Å². The summed E-state index contributed by atoms with van der Waals surface area (Å²) in [7, 11) is 0. The maximum atomic E-state index is 13.3. The van der Waals surface area contributed by atoms with Crippen LogP contribution in [-0.4, -0.2) is 9.78 Å². The van der Waals surface area contributed by atoms with E-state index in [4.69, 9.17) is 5.73 Å². The van der Waals surface area contributed by atoms with Crippen molar-refractivity contribution < 1.29 is 17.6 Å². The lowest BCUT2D eigenvalue weighted by Crippen LogP contribution is -2.08. The lowest BCUT2D eigenvalue weighted by atomic mass is 10.2. The molecule has 0 radical (unpaired) electrons. The van der Waals surface area contributed by atoms with Gasteiger partial charge in [-0.15, -0.1) is 0 Å². The van der Waals surface area contributed by atoms with Crippen LogP contribution in [0.5, 0.6) is 0 Å². The average Bonchev–Trinajstić information content (AvgIpc) is 2.72. The highest BCUT2D eigenvalue weighted by Crippen LogP contribution is 2.29. The summed E-state index contributed by atoms with van der Waals surface area (Å²) in [6, 6.07) is 3.06. The van der Waals surface area contributed by atoms with Gasteiger partial charge in [0, 0.05) is 12.3 Å². The Bertz CT molecular complexity index is 591. The molecule has 0 spiro atoms. The first-order valence-corrected chi connectivity index (χ1v) is 5.46. The molecule has 0 atom stereocenters. The lowest BCUT2D eigenvalue weighted by molar-refractivity contribution is -0.141. The van der Waals surface area contributed by atoms with Crippen LogP contribution in [-0.2, 0) is 6.18 Å². The predicted octanol–water partition coefficient (Wildman–Crippen LogP) is 3.37. The first kappa shape index (κ1) is 12.9. The van der Waals surface area contributed by atoms with Gasteiger partial charge in [0.15, 0.2) is 5.69 Å². The number of nitrogens with two attached hydrogens (primary N) is 1. The van der Waals surface area contributed by atoms with Gasteiger partial charge in [-0.05, 0) is 28.1 Å². The summed E-state index contributed by atoms with van der Waals surface area (Å²) in [6.07, 6.45) is -3.48. The minimum Gasteiger partial charge on any atom is -0.397 e. The smallest absolute Gasteiger partial charge is 0.397 e. The SMILES string of the molecule is Nc1cc(Br)c(F)cc1-n1ccc(C(F)(F)F)n1. The number of hydrogen-bond acceptors (Lipinski definition) is 2. The Balaban J connectivity index is 2.50. The third-order valence-corrected chi connectivity index (χ3v) is 2.80. The molecular weight excluding hydrogens is 318 g/mol. The minimum atomic E-state index is -4.55. The second-order valence-corrected chi connectivity index (χ2v) is 4.32. The molecule has 3 nitrogen and oxygen atoms in total. The van der Waals surface area contributed by atoms with Crippen LogP contribution in [0.1, 0.15) is 5.69 Å². The van der Waals surface area contributed by atoms with Gasteiger partial charge in [-0.1, -0.05) is 0 Å². The summed E-state index contributed by atoms with van der Waals surface area (Å²) < 4.78 is 51.5. The van der Waals surface area contributed by atoms with Crippen LogP contribution in [0.4, 0.5) is 23.2 Å². The Morgan fingerprint density at radius 3 is 2.50 bits per heavy atom. The van der Waals surface area contributed by atoms with E-state index in [1.54, 1.807) is 0 Å². The van der Waals surface area contributed by atoms with Crippen LogP contribution in [0, 0.1) is 5.82 Å². The average molecular weight is 324 g/mol. The summed E-state index contributed by atoms with van der Waals surface area (Å²) in [6.45, 7) is 0. The molecule has 2 aromatic rings. The normalized spacial score (nSPS) is 11.8. The summed E-state index contributed by atoms with van der Waals surface area (Å²) in [4.78, 5) is 0. The van der Waals surface area contributed by atoms with Gasteiger partial charge in [0.1, 0.15) is 5.82 Å². The molecule has 1 aromatic heterocycles. The quantitative estimate of drug-likeness (QED) is 0.646. The van der Waals surface area contributed by atoms with E-state index >= 15 is 0 Å². The van der Waals surface area contributed by atoms with Gasteiger partial charge in [-0.2, -0.15) is 18.3 Å². The molecule has 0 aliphatic carbocycles. The monoisotopic (exact) mass is 323 g/mol. The van der Waals surface area contributed by atoms with Gasteiger partial charge in [0.05, 0.1) is 15.8 Å². The van der Waals surface area contributed by atoms with Crippen LogP contribution in [0.3, 0.4) is 0 Å². The van der Waals surface area contributed by atoms with Crippen molar-refractivity contribution in [3.05, 3.63) is 40.4 Å². The van der Waals surface area contributed by atoms with E-state index in [9.17, 15) is 17.6 Å². The summed E-state index contributed by atoms with van der Waals surface area (Å²) >= 11 is 2.93. The molecule has 1 aromatic carbocycles. The first-order chi connectivity index (χ1) is 8.29. The van der Waals surface area contributed by atoms with E-state index in [1.807, 2.05) is 0 Å². The number of hydrogen-bond donors (Lipinski definition) is 1. The van der Waals surface area contributed by atoms with Crippen LogP contribution in [0.15, 0.2) is 28.9 Å². The fourth-order valence-corrected chi connectivity index (χ4v) is 1.72. The first-order valence-electron chi connectivity index (χ1n) is 4.67. The Kier molecular flexibility index (Phi) is 3.05. The molecule has 1 heterocycles. The highest BCUT2D eigenvalue weighted by atomic mass is 79.9. The highest BCUT2D eigenvalue weighted by molar-refractivity contribution is 9.10. The summed E-state index contributed by atoms with van der Waals surface area (Å²) in [5, 5.41) is 3.31. The maximum absolute atomic E-state index is 13.3. The van der Waals surface area contributed by atoms with Gasteiger partial charge in [0.25, 0.3) is 0 Å². The topological polar surface area (TPSA) is 43.8 Å². The Hall–Kier alpha value is -1.57. The molecule has 8 heteroatoms. The largest absolute Gasteiger partial charge is 0.435 e. The number of aromatic nitrogens is 2. The molecule has 0 saturated heterocycles. The molecule has 2 N–H and O–H groups in total. The molecule has 2 rings (SSSR count). The predicted molar refractivity (Wildman–Crippen MR) is 60.6 cm³/mol. The van der Waals surface area contributed by atoms with E-state index in [-0.39, 0.29) is 15.8 Å². The van der Waals surface area contributed by atoms with E-state index < -0.39 is 17.7 Å². The minimum absolute atomic E-state index is 0.0474. The Labute approximate surface area is 107 Å². The standard InChI is InChI=1S/C10H6BrF4N3/c11-5-3-7(16)8(4-6(5)12)18-2-1-9(17-18)10(13,14)15/h1-4H,16H2. The maximum Gasteiger partial charge on any atom is 0.435 e. The fraction of sp³-hybridized carbons (Fsp3) is 0.100.